The summed E-state index contributed by atoms with van der Waals surface area (Å²) in [6.45, 7) is 1.80. The number of esters is 1. The van der Waals surface area contributed by atoms with E-state index in [2.05, 4.69) is 15.2 Å². The van der Waals surface area contributed by atoms with E-state index in [-0.39, 0.29) is 17.2 Å². The average Bonchev–Trinajstić information content (AvgIpc) is 3.00. The third kappa shape index (κ3) is 5.54. The Morgan fingerprint density at radius 1 is 1.02 bits per heavy atom. The highest BCUT2D eigenvalue weighted by Crippen LogP contribution is 2.28. The zero-order valence-corrected chi connectivity index (χ0v) is 23.1. The fraction of sp³-hybridized carbons (Fsp3) is 0.323. The minimum atomic E-state index is -0.596. The molecule has 1 amide bonds. The molecule has 2 fully saturated rings. The number of ether oxygens (including phenoxy) is 2. The molecule has 6 rings (SSSR count). The van der Waals surface area contributed by atoms with Crippen LogP contribution in [-0.2, 0) is 11.2 Å². The van der Waals surface area contributed by atoms with Gasteiger partial charge in [-0.2, -0.15) is 5.10 Å². The number of nitrogens with zero attached hydrogens (tertiary/aromatic N) is 4. The minimum absolute atomic E-state index is 0.00996. The smallest absolute Gasteiger partial charge is 0.339 e. The van der Waals surface area contributed by atoms with Crippen LogP contribution in [0.2, 0.25) is 0 Å². The number of benzene rings is 2. The lowest BCUT2D eigenvalue weighted by molar-refractivity contribution is 0.0599. The highest BCUT2D eigenvalue weighted by molar-refractivity contribution is 5.95. The van der Waals surface area contributed by atoms with E-state index in [9.17, 15) is 18.8 Å². The number of rotatable bonds is 7. The van der Waals surface area contributed by atoms with E-state index in [1.165, 1.54) is 19.4 Å². The van der Waals surface area contributed by atoms with Crippen molar-refractivity contribution in [2.24, 2.45) is 0 Å². The number of carbonyl (C=O) groups is 2. The van der Waals surface area contributed by atoms with Crippen LogP contribution in [0.5, 0.6) is 5.75 Å². The first-order valence-electron chi connectivity index (χ1n) is 13.9. The van der Waals surface area contributed by atoms with Crippen LogP contribution in [0.3, 0.4) is 0 Å². The predicted octanol–water partition coefficient (Wildman–Crippen LogP) is 3.73. The number of aromatic nitrogens is 3. The fourth-order valence-corrected chi connectivity index (χ4v) is 5.25. The maximum absolute atomic E-state index is 14.9. The van der Waals surface area contributed by atoms with E-state index in [1.807, 2.05) is 11.0 Å². The molecule has 0 atom stereocenters. The van der Waals surface area contributed by atoms with Gasteiger partial charge in [-0.1, -0.05) is 6.07 Å². The Labute approximate surface area is 241 Å². The number of amides is 1. The molecule has 0 radical (unpaired) electrons. The molecule has 11 heteroatoms. The molecule has 4 aromatic rings. The lowest BCUT2D eigenvalue weighted by atomic mass is 9.96. The lowest BCUT2D eigenvalue weighted by Crippen LogP contribution is -2.49. The second-order valence-electron chi connectivity index (χ2n) is 10.5. The highest BCUT2D eigenvalue weighted by atomic mass is 19.1. The first-order chi connectivity index (χ1) is 20.4. The van der Waals surface area contributed by atoms with Gasteiger partial charge in [-0.05, 0) is 67.3 Å². The predicted molar refractivity (Wildman–Crippen MR) is 154 cm³/mol. The molecule has 1 saturated heterocycles. The van der Waals surface area contributed by atoms with Gasteiger partial charge in [-0.3, -0.25) is 9.59 Å². The summed E-state index contributed by atoms with van der Waals surface area (Å²) in [5, 5.41) is 7.98. The van der Waals surface area contributed by atoms with Crippen LogP contribution >= 0.6 is 0 Å². The third-order valence-corrected chi connectivity index (χ3v) is 7.89. The van der Waals surface area contributed by atoms with Gasteiger partial charge in [0.15, 0.2) is 0 Å². The lowest BCUT2D eigenvalue weighted by Gasteiger charge is -2.35. The standard InChI is InChI=1S/C31H30FN5O5/c1-41-31(40)20-6-10-28(33-18-20)36-11-13-37(14-12-36)30(39)25-15-19(5-9-26(25)32)16-27-24-17-22(42-21-3-2-4-21)7-8-23(24)29(38)35-34-27/h5-10,15,17-18,21H,2-4,11-14,16H2,1H3,(H,35,38). The molecule has 0 bridgehead atoms. The first-order valence-corrected chi connectivity index (χ1v) is 13.9. The van der Waals surface area contributed by atoms with Crippen molar-refractivity contribution in [1.29, 1.82) is 0 Å². The van der Waals surface area contributed by atoms with E-state index in [1.54, 1.807) is 41.3 Å². The molecule has 42 heavy (non-hydrogen) atoms. The molecule has 3 heterocycles. The summed E-state index contributed by atoms with van der Waals surface area (Å²) in [6.07, 6.45) is 5.12. The Hall–Kier alpha value is -4.80. The van der Waals surface area contributed by atoms with Crippen LogP contribution < -0.4 is 15.2 Å². The van der Waals surface area contributed by atoms with Crippen molar-refractivity contribution in [3.05, 3.63) is 93.3 Å². The largest absolute Gasteiger partial charge is 0.490 e. The van der Waals surface area contributed by atoms with Crippen LogP contribution in [0.4, 0.5) is 10.2 Å². The number of carbonyl (C=O) groups excluding carboxylic acids is 2. The van der Waals surface area contributed by atoms with Gasteiger partial charge < -0.3 is 19.3 Å². The topological polar surface area (TPSA) is 118 Å². The molecule has 1 N–H and O–H groups in total. The minimum Gasteiger partial charge on any atom is -0.490 e. The summed E-state index contributed by atoms with van der Waals surface area (Å²) in [6, 6.07) is 13.2. The van der Waals surface area contributed by atoms with E-state index in [4.69, 9.17) is 9.47 Å². The first kappa shape index (κ1) is 27.4. The number of hydrogen-bond donors (Lipinski definition) is 1. The summed E-state index contributed by atoms with van der Waals surface area (Å²) in [5.74, 6) is -0.0736. The van der Waals surface area contributed by atoms with Gasteiger partial charge in [0.05, 0.1) is 35.4 Å². The molecule has 2 aromatic carbocycles. The van der Waals surface area contributed by atoms with Gasteiger partial charge in [0, 0.05) is 44.2 Å². The molecule has 2 aliphatic rings. The fourth-order valence-electron chi connectivity index (χ4n) is 5.25. The van der Waals surface area contributed by atoms with Crippen LogP contribution in [0.15, 0.2) is 59.5 Å². The van der Waals surface area contributed by atoms with Crippen molar-refractivity contribution >= 4 is 28.5 Å². The molecule has 0 unspecified atom stereocenters. The molecule has 0 spiro atoms. The Balaban J connectivity index is 1.17. The summed E-state index contributed by atoms with van der Waals surface area (Å²) in [4.78, 5) is 45.5. The van der Waals surface area contributed by atoms with E-state index in [0.29, 0.717) is 71.8 Å². The van der Waals surface area contributed by atoms with Crippen molar-refractivity contribution in [1.82, 2.24) is 20.1 Å². The number of methoxy groups -OCH3 is 1. The quantitative estimate of drug-likeness (QED) is 0.334. The van der Waals surface area contributed by atoms with Gasteiger partial charge >= 0.3 is 5.97 Å². The number of hydrogen-bond acceptors (Lipinski definition) is 8. The molecular formula is C31H30FN5O5. The number of H-pyrrole nitrogens is 1. The Morgan fingerprint density at radius 3 is 2.52 bits per heavy atom. The molecular weight excluding hydrogens is 541 g/mol. The summed E-state index contributed by atoms with van der Waals surface area (Å²) < 4.78 is 25.7. The molecule has 216 valence electrons. The van der Waals surface area contributed by atoms with Crippen molar-refractivity contribution in [2.45, 2.75) is 31.8 Å². The number of piperazine rings is 1. The summed E-state index contributed by atoms with van der Waals surface area (Å²) >= 11 is 0. The second-order valence-corrected chi connectivity index (χ2v) is 10.5. The van der Waals surface area contributed by atoms with Gasteiger partial charge in [-0.15, -0.1) is 0 Å². The van der Waals surface area contributed by atoms with Crippen LogP contribution in [-0.4, -0.2) is 71.4 Å². The monoisotopic (exact) mass is 571 g/mol. The Morgan fingerprint density at radius 2 is 1.83 bits per heavy atom. The Kier molecular flexibility index (Phi) is 7.56. The summed E-state index contributed by atoms with van der Waals surface area (Å²) in [7, 11) is 1.31. The van der Waals surface area contributed by atoms with Gasteiger partial charge in [0.25, 0.3) is 11.5 Å². The molecule has 1 saturated carbocycles. The van der Waals surface area contributed by atoms with Gasteiger partial charge in [0.2, 0.25) is 0 Å². The number of halogens is 1. The maximum Gasteiger partial charge on any atom is 0.339 e. The normalized spacial score (nSPS) is 15.4. The maximum atomic E-state index is 14.9. The summed E-state index contributed by atoms with van der Waals surface area (Å²) in [5.41, 5.74) is 1.35. The Bertz CT molecular complexity index is 1690. The third-order valence-electron chi connectivity index (χ3n) is 7.89. The van der Waals surface area contributed by atoms with Gasteiger partial charge in [-0.25, -0.2) is 19.3 Å². The molecule has 1 aliphatic carbocycles. The van der Waals surface area contributed by atoms with Crippen molar-refractivity contribution in [3.63, 3.8) is 0 Å². The zero-order chi connectivity index (χ0) is 29.2. The number of pyridine rings is 1. The van der Waals surface area contributed by atoms with Crippen LogP contribution in [0.1, 0.15) is 51.2 Å². The molecule has 1 aliphatic heterocycles. The van der Waals surface area contributed by atoms with Crippen molar-refractivity contribution in [2.75, 3.05) is 38.2 Å². The SMILES string of the molecule is COC(=O)c1ccc(N2CCN(C(=O)c3cc(Cc4n[nH]c(=O)c5ccc(OC6CCC6)cc45)ccc3F)CC2)nc1. The van der Waals surface area contributed by atoms with E-state index < -0.39 is 17.7 Å². The highest BCUT2D eigenvalue weighted by Gasteiger charge is 2.26. The number of anilines is 1. The van der Waals surface area contributed by atoms with Gasteiger partial charge in [0.1, 0.15) is 17.4 Å². The number of fused-ring (bicyclic) bond motifs is 1. The number of aromatic amines is 1. The van der Waals surface area contributed by atoms with Crippen molar-refractivity contribution < 1.29 is 23.5 Å². The van der Waals surface area contributed by atoms with Crippen molar-refractivity contribution in [3.8, 4) is 5.75 Å². The zero-order valence-electron chi connectivity index (χ0n) is 23.1. The van der Waals surface area contributed by atoms with Crippen LogP contribution in [0.25, 0.3) is 10.8 Å². The van der Waals surface area contributed by atoms with E-state index >= 15 is 0 Å². The van der Waals surface area contributed by atoms with Crippen LogP contribution in [0, 0.1) is 5.82 Å². The molecule has 2 aromatic heterocycles. The number of nitrogens with one attached hydrogen (secondary N) is 1. The van der Waals surface area contributed by atoms with E-state index in [0.717, 1.165) is 19.3 Å². The average molecular weight is 572 g/mol. The molecule has 10 nitrogen and oxygen atoms in total. The second kappa shape index (κ2) is 11.6.